The normalized spacial score (nSPS) is 23.3. The number of amidine groups is 1. The van der Waals surface area contributed by atoms with Crippen LogP contribution in [0.1, 0.15) is 25.6 Å². The zero-order chi connectivity index (χ0) is 11.2. The molecule has 2 rings (SSSR count). The Balaban J connectivity index is 1.78. The Labute approximate surface area is 99.1 Å². The standard InChI is InChI=1S/C10H16N4OS/c1-2-8-4-6-16-10(13-8)11-5-3-9-12-7-15-14-9/h7-8H,2-6H2,1H3,(H,11,13). The highest BCUT2D eigenvalue weighted by atomic mass is 32.2. The summed E-state index contributed by atoms with van der Waals surface area (Å²) < 4.78 is 4.66. The quantitative estimate of drug-likeness (QED) is 0.863. The second-order valence-electron chi connectivity index (χ2n) is 3.67. The van der Waals surface area contributed by atoms with E-state index in [0.717, 1.165) is 29.6 Å². The van der Waals surface area contributed by atoms with Crippen molar-refractivity contribution < 1.29 is 4.52 Å². The van der Waals surface area contributed by atoms with E-state index in [4.69, 9.17) is 0 Å². The maximum Gasteiger partial charge on any atom is 0.213 e. The van der Waals surface area contributed by atoms with Crippen LogP contribution < -0.4 is 5.32 Å². The topological polar surface area (TPSA) is 63.3 Å². The number of nitrogens with one attached hydrogen (secondary N) is 1. The minimum Gasteiger partial charge on any atom is -0.362 e. The molecule has 88 valence electrons. The molecule has 1 fully saturated rings. The van der Waals surface area contributed by atoms with E-state index in [-0.39, 0.29) is 0 Å². The maximum atomic E-state index is 4.66. The van der Waals surface area contributed by atoms with Gasteiger partial charge in [-0.1, -0.05) is 23.8 Å². The molecule has 1 atom stereocenters. The van der Waals surface area contributed by atoms with Crippen molar-refractivity contribution in [2.24, 2.45) is 4.99 Å². The van der Waals surface area contributed by atoms with Crippen molar-refractivity contribution in [1.29, 1.82) is 0 Å². The lowest BCUT2D eigenvalue weighted by molar-refractivity contribution is 0.410. The monoisotopic (exact) mass is 240 g/mol. The fourth-order valence-corrected chi connectivity index (χ4v) is 2.57. The van der Waals surface area contributed by atoms with E-state index < -0.39 is 0 Å². The van der Waals surface area contributed by atoms with Crippen LogP contribution in [0.15, 0.2) is 15.9 Å². The second kappa shape index (κ2) is 5.89. The van der Waals surface area contributed by atoms with Crippen LogP contribution in [0.5, 0.6) is 0 Å². The first-order valence-electron chi connectivity index (χ1n) is 5.57. The molecule has 0 radical (unpaired) electrons. The molecule has 0 saturated carbocycles. The van der Waals surface area contributed by atoms with Gasteiger partial charge in [-0.25, -0.2) is 0 Å². The Bertz CT molecular complexity index is 339. The molecule has 1 saturated heterocycles. The second-order valence-corrected chi connectivity index (χ2v) is 4.75. The van der Waals surface area contributed by atoms with Gasteiger partial charge in [0.25, 0.3) is 0 Å². The molecule has 16 heavy (non-hydrogen) atoms. The average Bonchev–Trinajstić information content (AvgIpc) is 2.82. The van der Waals surface area contributed by atoms with Crippen LogP contribution in [0.25, 0.3) is 0 Å². The summed E-state index contributed by atoms with van der Waals surface area (Å²) in [6, 6.07) is 0.588. The van der Waals surface area contributed by atoms with Crippen molar-refractivity contribution in [3.63, 3.8) is 0 Å². The van der Waals surface area contributed by atoms with Gasteiger partial charge in [-0.2, -0.15) is 4.98 Å². The van der Waals surface area contributed by atoms with E-state index in [1.165, 1.54) is 12.8 Å². The molecule has 6 heteroatoms. The number of rotatable bonds is 4. The minimum atomic E-state index is 0.588. The Morgan fingerprint density at radius 1 is 1.69 bits per heavy atom. The summed E-state index contributed by atoms with van der Waals surface area (Å²) in [7, 11) is 0. The maximum absolute atomic E-state index is 4.66. The number of aliphatic imine (C=N–C) groups is 1. The number of aromatic nitrogens is 2. The molecule has 1 unspecified atom stereocenters. The Morgan fingerprint density at radius 3 is 3.38 bits per heavy atom. The number of nitrogens with zero attached hydrogens (tertiary/aromatic N) is 3. The molecule has 0 aromatic carbocycles. The van der Waals surface area contributed by atoms with Crippen LogP contribution in [-0.2, 0) is 6.42 Å². The van der Waals surface area contributed by atoms with Gasteiger partial charge in [0.1, 0.15) is 0 Å². The fourth-order valence-electron chi connectivity index (χ4n) is 1.54. The smallest absolute Gasteiger partial charge is 0.213 e. The van der Waals surface area contributed by atoms with E-state index in [9.17, 15) is 0 Å². The van der Waals surface area contributed by atoms with Gasteiger partial charge < -0.3 is 9.84 Å². The summed E-state index contributed by atoms with van der Waals surface area (Å²) in [6.45, 7) is 2.91. The number of hydrogen-bond donors (Lipinski definition) is 1. The first-order valence-corrected chi connectivity index (χ1v) is 6.56. The van der Waals surface area contributed by atoms with E-state index in [2.05, 4.69) is 31.9 Å². The molecule has 1 aromatic heterocycles. The van der Waals surface area contributed by atoms with Crippen molar-refractivity contribution in [3.05, 3.63) is 12.2 Å². The van der Waals surface area contributed by atoms with Crippen LogP contribution in [0.3, 0.4) is 0 Å². The highest BCUT2D eigenvalue weighted by molar-refractivity contribution is 8.13. The van der Waals surface area contributed by atoms with Crippen LogP contribution in [0.2, 0.25) is 0 Å². The summed E-state index contributed by atoms with van der Waals surface area (Å²) in [5.41, 5.74) is 0. The highest BCUT2D eigenvalue weighted by Gasteiger charge is 2.15. The molecule has 1 aliphatic rings. The number of thioether (sulfide) groups is 1. The third-order valence-electron chi connectivity index (χ3n) is 2.52. The van der Waals surface area contributed by atoms with Crippen molar-refractivity contribution >= 4 is 16.9 Å². The van der Waals surface area contributed by atoms with Gasteiger partial charge in [-0.05, 0) is 12.8 Å². The molecular weight excluding hydrogens is 224 g/mol. The number of hydrogen-bond acceptors (Lipinski definition) is 5. The molecule has 0 spiro atoms. The Morgan fingerprint density at radius 2 is 2.62 bits per heavy atom. The zero-order valence-electron chi connectivity index (χ0n) is 9.35. The predicted molar refractivity (Wildman–Crippen MR) is 64.6 cm³/mol. The van der Waals surface area contributed by atoms with Gasteiger partial charge in [0, 0.05) is 24.8 Å². The molecular formula is C10H16N4OS. The van der Waals surface area contributed by atoms with E-state index in [1.54, 1.807) is 11.8 Å². The predicted octanol–water partition coefficient (Wildman–Crippen LogP) is 1.47. The first-order chi connectivity index (χ1) is 7.88. The van der Waals surface area contributed by atoms with Crippen LogP contribution >= 0.6 is 11.8 Å². The zero-order valence-corrected chi connectivity index (χ0v) is 10.2. The Hall–Kier alpha value is -1.04. The van der Waals surface area contributed by atoms with Crippen LogP contribution in [0.4, 0.5) is 0 Å². The third-order valence-corrected chi connectivity index (χ3v) is 3.48. The van der Waals surface area contributed by atoms with Gasteiger partial charge in [0.15, 0.2) is 11.0 Å². The minimum absolute atomic E-state index is 0.588. The van der Waals surface area contributed by atoms with Crippen molar-refractivity contribution in [1.82, 2.24) is 15.5 Å². The Kier molecular flexibility index (Phi) is 4.21. The lowest BCUT2D eigenvalue weighted by Crippen LogP contribution is -2.37. The molecule has 0 bridgehead atoms. The molecule has 0 amide bonds. The van der Waals surface area contributed by atoms with Crippen molar-refractivity contribution in [2.75, 3.05) is 12.3 Å². The fraction of sp³-hybridized carbons (Fsp3) is 0.700. The lowest BCUT2D eigenvalue weighted by atomic mass is 10.2. The molecule has 1 aliphatic heterocycles. The van der Waals surface area contributed by atoms with E-state index >= 15 is 0 Å². The summed E-state index contributed by atoms with van der Waals surface area (Å²) in [6.07, 6.45) is 4.47. The van der Waals surface area contributed by atoms with Gasteiger partial charge in [0.2, 0.25) is 6.39 Å². The summed E-state index contributed by atoms with van der Waals surface area (Å²) in [5.74, 6) is 1.88. The summed E-state index contributed by atoms with van der Waals surface area (Å²) in [5, 5.41) is 8.24. The molecule has 0 aliphatic carbocycles. The first kappa shape index (κ1) is 11.4. The summed E-state index contributed by atoms with van der Waals surface area (Å²) >= 11 is 1.79. The van der Waals surface area contributed by atoms with Gasteiger partial charge in [0.05, 0.1) is 0 Å². The van der Waals surface area contributed by atoms with E-state index in [0.29, 0.717) is 12.6 Å². The SMILES string of the molecule is CCC1CCSC(=NCCc2ncon2)N1. The van der Waals surface area contributed by atoms with Crippen molar-refractivity contribution in [3.8, 4) is 0 Å². The third kappa shape index (κ3) is 3.23. The van der Waals surface area contributed by atoms with Gasteiger partial charge in [-0.3, -0.25) is 4.99 Å². The molecule has 1 N–H and O–H groups in total. The van der Waals surface area contributed by atoms with Crippen LogP contribution in [0, 0.1) is 0 Å². The molecule has 5 nitrogen and oxygen atoms in total. The van der Waals surface area contributed by atoms with Gasteiger partial charge >= 0.3 is 0 Å². The highest BCUT2D eigenvalue weighted by Crippen LogP contribution is 2.15. The summed E-state index contributed by atoms with van der Waals surface area (Å²) in [4.78, 5) is 8.46. The van der Waals surface area contributed by atoms with Crippen molar-refractivity contribution in [2.45, 2.75) is 32.2 Å². The van der Waals surface area contributed by atoms with Crippen LogP contribution in [-0.4, -0.2) is 33.6 Å². The molecule has 1 aromatic rings. The van der Waals surface area contributed by atoms with E-state index in [1.807, 2.05) is 0 Å². The lowest BCUT2D eigenvalue weighted by Gasteiger charge is -2.24. The average molecular weight is 240 g/mol. The molecule has 2 heterocycles. The largest absolute Gasteiger partial charge is 0.362 e. The van der Waals surface area contributed by atoms with Gasteiger partial charge in [-0.15, -0.1) is 0 Å².